The van der Waals surface area contributed by atoms with Gasteiger partial charge in [0.2, 0.25) is 0 Å². The maximum Gasteiger partial charge on any atom is 0.284 e. The van der Waals surface area contributed by atoms with Gasteiger partial charge in [-0.05, 0) is 0 Å². The van der Waals surface area contributed by atoms with E-state index in [1.807, 2.05) is 0 Å². The number of halogens is 2. The highest BCUT2D eigenvalue weighted by Crippen LogP contribution is 2.30. The molecule has 0 aliphatic heterocycles. The van der Waals surface area contributed by atoms with Crippen LogP contribution >= 0.6 is 0 Å². The molecule has 1 rings (SSSR count). The zero-order chi connectivity index (χ0) is 10.7. The molecule has 14 heavy (non-hydrogen) atoms. The van der Waals surface area contributed by atoms with Crippen molar-refractivity contribution in [2.75, 3.05) is 0 Å². The van der Waals surface area contributed by atoms with E-state index in [0.717, 1.165) is 6.20 Å². The second-order valence-corrected chi connectivity index (χ2v) is 2.55. The highest BCUT2D eigenvalue weighted by atomic mass is 19.3. The van der Waals surface area contributed by atoms with E-state index in [4.69, 9.17) is 5.73 Å². The first kappa shape index (κ1) is 10.5. The summed E-state index contributed by atoms with van der Waals surface area (Å²) in [4.78, 5) is 13.7. The lowest BCUT2D eigenvalue weighted by molar-refractivity contribution is 0.111. The molecule has 0 spiro atoms. The number of alkyl halides is 2. The topological polar surface area (TPSA) is 76.2 Å². The number of carbonyl (C=O) groups excluding carboxylic acids is 1. The average molecular weight is 202 g/mol. The zero-order valence-electron chi connectivity index (χ0n) is 7.08. The van der Waals surface area contributed by atoms with Crippen LogP contribution < -0.4 is 5.73 Å². The number of hydrogen-bond donors (Lipinski definition) is 2. The third kappa shape index (κ3) is 1.69. The van der Waals surface area contributed by atoms with Crippen molar-refractivity contribution in [3.8, 4) is 5.75 Å². The summed E-state index contributed by atoms with van der Waals surface area (Å²) in [6.45, 7) is -0.192. The van der Waals surface area contributed by atoms with Crippen molar-refractivity contribution in [3.05, 3.63) is 23.0 Å². The fourth-order valence-corrected chi connectivity index (χ4v) is 1.05. The van der Waals surface area contributed by atoms with E-state index >= 15 is 0 Å². The lowest BCUT2D eigenvalue weighted by Crippen LogP contribution is -2.05. The van der Waals surface area contributed by atoms with E-state index in [-0.39, 0.29) is 17.7 Å². The molecule has 76 valence electrons. The molecule has 0 unspecified atom stereocenters. The first-order chi connectivity index (χ1) is 6.61. The Labute approximate surface area is 78.4 Å². The zero-order valence-corrected chi connectivity index (χ0v) is 7.08. The van der Waals surface area contributed by atoms with E-state index in [0.29, 0.717) is 6.29 Å². The highest BCUT2D eigenvalue weighted by Gasteiger charge is 2.19. The van der Waals surface area contributed by atoms with Gasteiger partial charge in [0.15, 0.2) is 6.29 Å². The number of aromatic hydroxyl groups is 1. The van der Waals surface area contributed by atoms with Gasteiger partial charge >= 0.3 is 0 Å². The van der Waals surface area contributed by atoms with Crippen LogP contribution in [0.5, 0.6) is 5.75 Å². The Morgan fingerprint density at radius 3 is 2.71 bits per heavy atom. The Balaban J connectivity index is 3.34. The molecule has 6 heteroatoms. The van der Waals surface area contributed by atoms with E-state index in [2.05, 4.69) is 4.98 Å². The van der Waals surface area contributed by atoms with Crippen molar-refractivity contribution in [3.63, 3.8) is 0 Å². The van der Waals surface area contributed by atoms with Crippen LogP contribution in [0.2, 0.25) is 0 Å². The number of pyridine rings is 1. The van der Waals surface area contributed by atoms with Gasteiger partial charge in [-0.3, -0.25) is 9.78 Å². The van der Waals surface area contributed by atoms with Crippen LogP contribution in [-0.4, -0.2) is 16.4 Å². The molecule has 1 heterocycles. The van der Waals surface area contributed by atoms with Gasteiger partial charge in [0.05, 0.1) is 0 Å². The van der Waals surface area contributed by atoms with Crippen molar-refractivity contribution >= 4 is 6.29 Å². The first-order valence-corrected chi connectivity index (χ1v) is 3.76. The number of aromatic nitrogens is 1. The number of aldehydes is 1. The summed E-state index contributed by atoms with van der Waals surface area (Å²) < 4.78 is 24.5. The molecule has 1 aromatic rings. The molecule has 1 aromatic heterocycles. The number of hydrogen-bond acceptors (Lipinski definition) is 4. The van der Waals surface area contributed by atoms with Crippen LogP contribution in [0.25, 0.3) is 0 Å². The Morgan fingerprint density at radius 1 is 1.64 bits per heavy atom. The minimum absolute atomic E-state index is 0.00898. The lowest BCUT2D eigenvalue weighted by atomic mass is 10.1. The van der Waals surface area contributed by atoms with Crippen molar-refractivity contribution in [2.24, 2.45) is 5.73 Å². The van der Waals surface area contributed by atoms with Gasteiger partial charge in [-0.25, -0.2) is 8.78 Å². The van der Waals surface area contributed by atoms with E-state index in [1.165, 1.54) is 0 Å². The molecule has 0 saturated carbocycles. The van der Waals surface area contributed by atoms with Crippen LogP contribution in [0.15, 0.2) is 6.20 Å². The number of rotatable bonds is 3. The molecule has 3 N–H and O–H groups in total. The summed E-state index contributed by atoms with van der Waals surface area (Å²) in [6.07, 6.45) is -1.51. The van der Waals surface area contributed by atoms with Gasteiger partial charge in [0.25, 0.3) is 6.43 Å². The SMILES string of the molecule is NCc1c(C=O)cnc(C(F)F)c1O. The van der Waals surface area contributed by atoms with Crippen LogP contribution in [0.1, 0.15) is 28.0 Å². The minimum Gasteiger partial charge on any atom is -0.505 e. The normalized spacial score (nSPS) is 10.6. The molecular formula is C8H8F2N2O2. The van der Waals surface area contributed by atoms with Crippen molar-refractivity contribution < 1.29 is 18.7 Å². The summed E-state index contributed by atoms with van der Waals surface area (Å²) in [6, 6.07) is 0. The Kier molecular flexibility index (Phi) is 3.08. The molecule has 0 atom stereocenters. The molecule has 4 nitrogen and oxygen atoms in total. The summed E-state index contributed by atoms with van der Waals surface area (Å²) in [5.41, 5.74) is 4.46. The molecular weight excluding hydrogens is 194 g/mol. The smallest absolute Gasteiger partial charge is 0.284 e. The molecule has 0 aliphatic carbocycles. The van der Waals surface area contributed by atoms with Crippen molar-refractivity contribution in [1.29, 1.82) is 0 Å². The third-order valence-corrected chi connectivity index (χ3v) is 1.76. The van der Waals surface area contributed by atoms with Gasteiger partial charge in [0, 0.05) is 23.9 Å². The molecule has 0 aliphatic rings. The van der Waals surface area contributed by atoms with E-state index in [1.54, 1.807) is 0 Å². The van der Waals surface area contributed by atoms with Gasteiger partial charge in [0.1, 0.15) is 11.4 Å². The highest BCUT2D eigenvalue weighted by molar-refractivity contribution is 5.78. The average Bonchev–Trinajstić information content (AvgIpc) is 2.16. The summed E-state index contributed by atoms with van der Waals surface area (Å²) in [5.74, 6) is -0.702. The van der Waals surface area contributed by atoms with Crippen LogP contribution in [0, 0.1) is 0 Å². The Bertz CT molecular complexity index is 355. The largest absolute Gasteiger partial charge is 0.505 e. The van der Waals surface area contributed by atoms with Gasteiger partial charge in [-0.1, -0.05) is 0 Å². The Hall–Kier alpha value is -1.56. The lowest BCUT2D eigenvalue weighted by Gasteiger charge is -2.08. The van der Waals surface area contributed by atoms with Crippen LogP contribution in [0.3, 0.4) is 0 Å². The Morgan fingerprint density at radius 2 is 2.29 bits per heavy atom. The van der Waals surface area contributed by atoms with Crippen LogP contribution in [0.4, 0.5) is 8.78 Å². The maximum atomic E-state index is 12.2. The third-order valence-electron chi connectivity index (χ3n) is 1.76. The van der Waals surface area contributed by atoms with Crippen molar-refractivity contribution in [2.45, 2.75) is 13.0 Å². The second kappa shape index (κ2) is 4.10. The summed E-state index contributed by atoms with van der Waals surface area (Å²) in [7, 11) is 0. The van der Waals surface area contributed by atoms with Crippen LogP contribution in [-0.2, 0) is 6.54 Å². The molecule has 0 radical (unpaired) electrons. The number of nitrogens with zero attached hydrogens (tertiary/aromatic N) is 1. The minimum atomic E-state index is -2.89. The van der Waals surface area contributed by atoms with Crippen molar-refractivity contribution in [1.82, 2.24) is 4.98 Å². The maximum absolute atomic E-state index is 12.2. The van der Waals surface area contributed by atoms with Gasteiger partial charge < -0.3 is 10.8 Å². The predicted octanol–water partition coefficient (Wildman–Crippen LogP) is 0.996. The molecule has 0 fully saturated rings. The van der Waals surface area contributed by atoms with Gasteiger partial charge in [-0.15, -0.1) is 0 Å². The molecule has 0 aromatic carbocycles. The second-order valence-electron chi connectivity index (χ2n) is 2.55. The quantitative estimate of drug-likeness (QED) is 0.717. The molecule has 0 bridgehead atoms. The number of carbonyl (C=O) groups is 1. The molecule has 0 amide bonds. The summed E-state index contributed by atoms with van der Waals surface area (Å²) >= 11 is 0. The summed E-state index contributed by atoms with van der Waals surface area (Å²) in [5, 5.41) is 9.29. The fraction of sp³-hybridized carbons (Fsp3) is 0.250. The van der Waals surface area contributed by atoms with E-state index in [9.17, 15) is 18.7 Å². The standard InChI is InChI=1S/C8H8F2N2O2/c9-8(10)6-7(14)5(1-11)4(3-13)2-12-6/h2-3,8,14H,1,11H2. The predicted molar refractivity (Wildman–Crippen MR) is 44.1 cm³/mol. The fourth-order valence-electron chi connectivity index (χ4n) is 1.05. The number of nitrogens with two attached hydrogens (primary N) is 1. The molecule has 0 saturated heterocycles. The first-order valence-electron chi connectivity index (χ1n) is 3.76. The van der Waals surface area contributed by atoms with Gasteiger partial charge in [-0.2, -0.15) is 0 Å². The van der Waals surface area contributed by atoms with E-state index < -0.39 is 17.9 Å². The monoisotopic (exact) mass is 202 g/mol.